The highest BCUT2D eigenvalue weighted by molar-refractivity contribution is 5.24. The molecule has 1 fully saturated rings. The highest BCUT2D eigenvalue weighted by Gasteiger charge is 2.38. The van der Waals surface area contributed by atoms with Gasteiger partial charge in [0.05, 0.1) is 5.60 Å². The lowest BCUT2D eigenvalue weighted by molar-refractivity contribution is -0.0276. The van der Waals surface area contributed by atoms with Crippen molar-refractivity contribution in [2.75, 3.05) is 0 Å². The Morgan fingerprint density at radius 2 is 1.57 bits per heavy atom. The molecule has 0 spiro atoms. The highest BCUT2D eigenvalue weighted by atomic mass is 16.3. The molecule has 0 unspecified atom stereocenters. The van der Waals surface area contributed by atoms with Crippen LogP contribution >= 0.6 is 0 Å². The van der Waals surface area contributed by atoms with E-state index in [0.29, 0.717) is 5.41 Å². The Kier molecular flexibility index (Phi) is 5.14. The number of rotatable bonds is 5. The zero-order valence-corrected chi connectivity index (χ0v) is 14.3. The van der Waals surface area contributed by atoms with E-state index in [-0.39, 0.29) is 0 Å². The summed E-state index contributed by atoms with van der Waals surface area (Å²) in [6, 6.07) is 8.78. The van der Waals surface area contributed by atoms with Crippen LogP contribution < -0.4 is 0 Å². The molecule has 1 heteroatoms. The van der Waals surface area contributed by atoms with E-state index < -0.39 is 5.60 Å². The molecular weight excluding hydrogens is 256 g/mol. The number of benzene rings is 1. The molecule has 1 nitrogen and oxygen atoms in total. The van der Waals surface area contributed by atoms with Crippen molar-refractivity contribution in [1.29, 1.82) is 0 Å². The second kappa shape index (κ2) is 6.52. The minimum absolute atomic E-state index is 0.421. The smallest absolute Gasteiger partial charge is 0.0688 e. The van der Waals surface area contributed by atoms with Crippen molar-refractivity contribution in [3.05, 3.63) is 35.4 Å². The van der Waals surface area contributed by atoms with Gasteiger partial charge < -0.3 is 5.11 Å². The molecule has 0 aromatic heterocycles. The number of aliphatic hydroxyl groups is 1. The van der Waals surface area contributed by atoms with Crippen molar-refractivity contribution >= 4 is 0 Å². The topological polar surface area (TPSA) is 20.2 Å². The number of aryl methyl sites for hydroxylation is 1. The summed E-state index contributed by atoms with van der Waals surface area (Å²) in [5, 5.41) is 10.9. The third kappa shape index (κ3) is 4.10. The highest BCUT2D eigenvalue weighted by Crippen LogP contribution is 2.44. The summed E-state index contributed by atoms with van der Waals surface area (Å²) in [6.45, 7) is 9.23. The zero-order valence-electron chi connectivity index (χ0n) is 14.3. The van der Waals surface area contributed by atoms with Crippen LogP contribution in [0.25, 0.3) is 0 Å². The van der Waals surface area contributed by atoms with Crippen LogP contribution in [0.3, 0.4) is 0 Å². The second-order valence-electron chi connectivity index (χ2n) is 7.69. The molecule has 0 saturated heterocycles. The lowest BCUT2D eigenvalue weighted by Crippen LogP contribution is -2.39. The first kappa shape index (κ1) is 16.5. The molecule has 1 aromatic carbocycles. The fourth-order valence-electron chi connectivity index (χ4n) is 3.67. The van der Waals surface area contributed by atoms with Gasteiger partial charge >= 0.3 is 0 Å². The van der Waals surface area contributed by atoms with Gasteiger partial charge in [-0.25, -0.2) is 0 Å². The van der Waals surface area contributed by atoms with Gasteiger partial charge in [0.25, 0.3) is 0 Å². The Morgan fingerprint density at radius 1 is 1.05 bits per heavy atom. The Bertz CT molecular complexity index is 435. The summed E-state index contributed by atoms with van der Waals surface area (Å²) in [7, 11) is 0. The summed E-state index contributed by atoms with van der Waals surface area (Å²) < 4.78 is 0. The van der Waals surface area contributed by atoms with Crippen LogP contribution in [0.15, 0.2) is 24.3 Å². The summed E-state index contributed by atoms with van der Waals surface area (Å²) in [6.07, 6.45) is 7.38. The van der Waals surface area contributed by atoms with Crippen molar-refractivity contribution in [2.45, 2.75) is 78.2 Å². The van der Waals surface area contributed by atoms with Gasteiger partial charge in [-0.3, -0.25) is 0 Å². The lowest BCUT2D eigenvalue weighted by Gasteiger charge is -2.42. The molecule has 0 bridgehead atoms. The fraction of sp³-hybridized carbons (Fsp3) is 0.700. The van der Waals surface area contributed by atoms with E-state index in [1.165, 1.54) is 30.4 Å². The summed E-state index contributed by atoms with van der Waals surface area (Å²) >= 11 is 0. The molecule has 118 valence electrons. The van der Waals surface area contributed by atoms with Gasteiger partial charge in [-0.05, 0) is 54.6 Å². The summed E-state index contributed by atoms with van der Waals surface area (Å²) in [5.74, 6) is 0.769. The Morgan fingerprint density at radius 3 is 2.05 bits per heavy atom. The predicted molar refractivity (Wildman–Crippen MR) is 90.5 cm³/mol. The first-order valence-electron chi connectivity index (χ1n) is 8.69. The monoisotopic (exact) mass is 288 g/mol. The SMILES string of the molecule is CCc1ccc(CC2(O)CCC(C(C)(C)CC)CC2)cc1. The van der Waals surface area contributed by atoms with Gasteiger partial charge in [0.2, 0.25) is 0 Å². The molecule has 1 aliphatic carbocycles. The van der Waals surface area contributed by atoms with Crippen LogP contribution in [0.2, 0.25) is 0 Å². The standard InChI is InChI=1S/C20H32O/c1-5-16-7-9-17(10-8-16)15-20(21)13-11-18(12-14-20)19(3,4)6-2/h7-10,18,21H,5-6,11-15H2,1-4H3. The molecule has 0 amide bonds. The van der Waals surface area contributed by atoms with E-state index in [9.17, 15) is 5.11 Å². The third-order valence-corrected chi connectivity index (χ3v) is 5.90. The molecule has 1 N–H and O–H groups in total. The average Bonchev–Trinajstić information content (AvgIpc) is 2.48. The largest absolute Gasteiger partial charge is 0.390 e. The van der Waals surface area contributed by atoms with Crippen molar-refractivity contribution in [2.24, 2.45) is 11.3 Å². The molecule has 0 aliphatic heterocycles. The normalized spacial score (nSPS) is 26.8. The Hall–Kier alpha value is -0.820. The zero-order chi connectivity index (χ0) is 15.5. The van der Waals surface area contributed by atoms with Gasteiger partial charge in [-0.15, -0.1) is 0 Å². The number of hydrogen-bond donors (Lipinski definition) is 1. The van der Waals surface area contributed by atoms with Crippen molar-refractivity contribution in [3.8, 4) is 0 Å². The van der Waals surface area contributed by atoms with Gasteiger partial charge in [0, 0.05) is 6.42 Å². The van der Waals surface area contributed by atoms with Crippen molar-refractivity contribution in [1.82, 2.24) is 0 Å². The molecular formula is C20H32O. The second-order valence-corrected chi connectivity index (χ2v) is 7.69. The van der Waals surface area contributed by atoms with Crippen LogP contribution in [0.5, 0.6) is 0 Å². The maximum Gasteiger partial charge on any atom is 0.0688 e. The number of hydrogen-bond acceptors (Lipinski definition) is 1. The van der Waals surface area contributed by atoms with Gasteiger partial charge in [-0.2, -0.15) is 0 Å². The maximum atomic E-state index is 10.9. The predicted octanol–water partition coefficient (Wildman–Crippen LogP) is 5.15. The van der Waals surface area contributed by atoms with Crippen LogP contribution in [0, 0.1) is 11.3 Å². The average molecular weight is 288 g/mol. The lowest BCUT2D eigenvalue weighted by atomic mass is 9.65. The molecule has 0 atom stereocenters. The molecule has 21 heavy (non-hydrogen) atoms. The fourth-order valence-corrected chi connectivity index (χ4v) is 3.67. The van der Waals surface area contributed by atoms with Crippen molar-refractivity contribution in [3.63, 3.8) is 0 Å². The van der Waals surface area contributed by atoms with E-state index in [0.717, 1.165) is 31.6 Å². The molecule has 2 rings (SSSR count). The van der Waals surface area contributed by atoms with Crippen LogP contribution in [0.1, 0.15) is 70.9 Å². The molecule has 1 aliphatic rings. The Balaban J connectivity index is 1.95. The van der Waals surface area contributed by atoms with Crippen LogP contribution in [-0.2, 0) is 12.8 Å². The molecule has 1 saturated carbocycles. The van der Waals surface area contributed by atoms with Crippen LogP contribution in [0.4, 0.5) is 0 Å². The quantitative estimate of drug-likeness (QED) is 0.794. The van der Waals surface area contributed by atoms with E-state index >= 15 is 0 Å². The molecule has 1 aromatic rings. The van der Waals surface area contributed by atoms with E-state index in [4.69, 9.17) is 0 Å². The van der Waals surface area contributed by atoms with E-state index in [1.807, 2.05) is 0 Å². The van der Waals surface area contributed by atoms with Crippen LogP contribution in [-0.4, -0.2) is 10.7 Å². The minimum atomic E-state index is -0.478. The van der Waals surface area contributed by atoms with Crippen molar-refractivity contribution < 1.29 is 5.11 Å². The van der Waals surface area contributed by atoms with E-state index in [2.05, 4.69) is 52.0 Å². The van der Waals surface area contributed by atoms with E-state index in [1.54, 1.807) is 0 Å². The molecule has 0 heterocycles. The Labute approximate surface area is 130 Å². The molecule has 0 radical (unpaired) electrons. The first-order valence-corrected chi connectivity index (χ1v) is 8.69. The third-order valence-electron chi connectivity index (χ3n) is 5.90. The first-order chi connectivity index (χ1) is 9.88. The van der Waals surface area contributed by atoms with Gasteiger partial charge in [0.15, 0.2) is 0 Å². The summed E-state index contributed by atoms with van der Waals surface area (Å²) in [4.78, 5) is 0. The minimum Gasteiger partial charge on any atom is -0.390 e. The van der Waals surface area contributed by atoms with Gasteiger partial charge in [-0.1, -0.05) is 58.4 Å². The maximum absolute atomic E-state index is 10.9. The van der Waals surface area contributed by atoms with Gasteiger partial charge in [0.1, 0.15) is 0 Å². The summed E-state index contributed by atoms with van der Waals surface area (Å²) in [5.41, 5.74) is 2.60.